The molecule has 0 N–H and O–H groups in total. The number of halogens is 2. The van der Waals surface area contributed by atoms with Gasteiger partial charge in [-0.05, 0) is 27.6 Å². The van der Waals surface area contributed by atoms with Crippen molar-refractivity contribution in [2.24, 2.45) is 0 Å². The van der Waals surface area contributed by atoms with E-state index in [0.717, 1.165) is 14.7 Å². The van der Waals surface area contributed by atoms with Crippen molar-refractivity contribution in [3.05, 3.63) is 33.4 Å². The third-order valence-electron chi connectivity index (χ3n) is 1.98. The number of fused-ring (bicyclic) bond motifs is 1. The van der Waals surface area contributed by atoms with Gasteiger partial charge in [0.1, 0.15) is 5.82 Å². The first kappa shape index (κ1) is 9.63. The molecule has 1 aromatic heterocycles. The molecule has 2 aromatic rings. The lowest BCUT2D eigenvalue weighted by atomic mass is 10.1. The summed E-state index contributed by atoms with van der Waals surface area (Å²) in [5.41, 5.74) is 0.889. The first-order chi connectivity index (χ1) is 6.74. The SMILES string of the molecule is N#CCc1ccc(F)c2c(Br)csc12. The highest BCUT2D eigenvalue weighted by Crippen LogP contribution is 2.34. The first-order valence-electron chi connectivity index (χ1n) is 3.95. The summed E-state index contributed by atoms with van der Waals surface area (Å²) in [5, 5.41) is 11.0. The molecule has 0 aliphatic rings. The molecule has 4 heteroatoms. The van der Waals surface area contributed by atoms with Gasteiger partial charge in [-0.15, -0.1) is 11.3 Å². The van der Waals surface area contributed by atoms with E-state index in [9.17, 15) is 4.39 Å². The van der Waals surface area contributed by atoms with Crippen molar-refractivity contribution in [1.82, 2.24) is 0 Å². The standard InChI is InChI=1S/C10H5BrFNS/c11-7-5-14-10-6(3-4-13)1-2-8(12)9(7)10/h1-2,5H,3H2. The minimum absolute atomic E-state index is 0.241. The van der Waals surface area contributed by atoms with Crippen LogP contribution in [0.25, 0.3) is 10.1 Å². The second kappa shape index (κ2) is 3.68. The lowest BCUT2D eigenvalue weighted by Crippen LogP contribution is -1.84. The molecule has 0 unspecified atom stereocenters. The fourth-order valence-corrected chi connectivity index (χ4v) is 3.11. The number of thiophene rings is 1. The van der Waals surface area contributed by atoms with Crippen molar-refractivity contribution < 1.29 is 4.39 Å². The van der Waals surface area contributed by atoms with Crippen molar-refractivity contribution >= 4 is 37.4 Å². The van der Waals surface area contributed by atoms with Crippen molar-refractivity contribution in [3.63, 3.8) is 0 Å². The Morgan fingerprint density at radius 1 is 1.50 bits per heavy atom. The monoisotopic (exact) mass is 269 g/mol. The average Bonchev–Trinajstić information content (AvgIpc) is 2.54. The van der Waals surface area contributed by atoms with Crippen LogP contribution in [0.1, 0.15) is 5.56 Å². The van der Waals surface area contributed by atoms with Crippen LogP contribution in [0.15, 0.2) is 22.0 Å². The molecule has 0 saturated heterocycles. The number of hydrogen-bond donors (Lipinski definition) is 0. The Kier molecular flexibility index (Phi) is 2.53. The van der Waals surface area contributed by atoms with Crippen LogP contribution in [0.4, 0.5) is 4.39 Å². The van der Waals surface area contributed by atoms with Crippen molar-refractivity contribution in [3.8, 4) is 6.07 Å². The van der Waals surface area contributed by atoms with Crippen LogP contribution in [0.5, 0.6) is 0 Å². The normalized spacial score (nSPS) is 10.4. The van der Waals surface area contributed by atoms with E-state index in [1.54, 1.807) is 6.07 Å². The Morgan fingerprint density at radius 2 is 2.29 bits per heavy atom. The molecular formula is C10H5BrFNS. The largest absolute Gasteiger partial charge is 0.206 e. The number of nitrogens with zero attached hydrogens (tertiary/aromatic N) is 1. The molecule has 2 rings (SSSR count). The van der Waals surface area contributed by atoms with Crippen LogP contribution >= 0.6 is 27.3 Å². The summed E-state index contributed by atoms with van der Waals surface area (Å²) in [6.45, 7) is 0. The zero-order valence-electron chi connectivity index (χ0n) is 7.05. The van der Waals surface area contributed by atoms with E-state index in [1.807, 2.05) is 5.38 Å². The van der Waals surface area contributed by atoms with Crippen LogP contribution in [-0.4, -0.2) is 0 Å². The highest BCUT2D eigenvalue weighted by Gasteiger charge is 2.10. The zero-order valence-corrected chi connectivity index (χ0v) is 9.45. The maximum absolute atomic E-state index is 13.4. The molecule has 0 bridgehead atoms. The summed E-state index contributed by atoms with van der Waals surface area (Å²) >= 11 is 4.75. The maximum Gasteiger partial charge on any atom is 0.133 e. The summed E-state index contributed by atoms with van der Waals surface area (Å²) in [6, 6.07) is 5.15. The van der Waals surface area contributed by atoms with Gasteiger partial charge in [0.25, 0.3) is 0 Å². The molecule has 14 heavy (non-hydrogen) atoms. The van der Waals surface area contributed by atoms with E-state index in [4.69, 9.17) is 5.26 Å². The van der Waals surface area contributed by atoms with Gasteiger partial charge < -0.3 is 0 Å². The van der Waals surface area contributed by atoms with E-state index < -0.39 is 0 Å². The van der Waals surface area contributed by atoms with Crippen LogP contribution in [0, 0.1) is 17.1 Å². The van der Waals surface area contributed by atoms with Crippen LogP contribution in [-0.2, 0) is 6.42 Å². The predicted molar refractivity (Wildman–Crippen MR) is 58.8 cm³/mol. The fraction of sp³-hybridized carbons (Fsp3) is 0.100. The van der Waals surface area contributed by atoms with Crippen molar-refractivity contribution in [2.75, 3.05) is 0 Å². The van der Waals surface area contributed by atoms with Crippen LogP contribution < -0.4 is 0 Å². The zero-order chi connectivity index (χ0) is 10.1. The molecule has 0 radical (unpaired) electrons. The number of nitriles is 1. The van der Waals surface area contributed by atoms with E-state index in [2.05, 4.69) is 22.0 Å². The summed E-state index contributed by atoms with van der Waals surface area (Å²) < 4.78 is 15.0. The van der Waals surface area contributed by atoms with E-state index in [0.29, 0.717) is 11.8 Å². The molecule has 0 atom stereocenters. The van der Waals surface area contributed by atoms with E-state index in [-0.39, 0.29) is 5.82 Å². The van der Waals surface area contributed by atoms with Gasteiger partial charge in [-0.25, -0.2) is 4.39 Å². The number of hydrogen-bond acceptors (Lipinski definition) is 2. The van der Waals surface area contributed by atoms with Gasteiger partial charge in [-0.3, -0.25) is 0 Å². The Hall–Kier alpha value is -0.920. The minimum Gasteiger partial charge on any atom is -0.206 e. The van der Waals surface area contributed by atoms with Crippen LogP contribution in [0.2, 0.25) is 0 Å². The fourth-order valence-electron chi connectivity index (χ4n) is 1.35. The molecule has 0 saturated carbocycles. The first-order valence-corrected chi connectivity index (χ1v) is 5.62. The van der Waals surface area contributed by atoms with E-state index in [1.165, 1.54) is 17.4 Å². The van der Waals surface area contributed by atoms with Crippen LogP contribution in [0.3, 0.4) is 0 Å². The van der Waals surface area contributed by atoms with Gasteiger partial charge >= 0.3 is 0 Å². The molecule has 70 valence electrons. The number of rotatable bonds is 1. The predicted octanol–water partition coefficient (Wildman–Crippen LogP) is 3.87. The Bertz CT molecular complexity index is 527. The van der Waals surface area contributed by atoms with Crippen molar-refractivity contribution in [2.45, 2.75) is 6.42 Å². The van der Waals surface area contributed by atoms with Crippen molar-refractivity contribution in [1.29, 1.82) is 5.26 Å². The second-order valence-electron chi connectivity index (χ2n) is 2.83. The quantitative estimate of drug-likeness (QED) is 0.771. The average molecular weight is 270 g/mol. The van der Waals surface area contributed by atoms with Gasteiger partial charge in [0.05, 0.1) is 12.5 Å². The lowest BCUT2D eigenvalue weighted by Gasteiger charge is -1.98. The smallest absolute Gasteiger partial charge is 0.133 e. The maximum atomic E-state index is 13.4. The van der Waals surface area contributed by atoms with Gasteiger partial charge in [0, 0.05) is 19.9 Å². The lowest BCUT2D eigenvalue weighted by molar-refractivity contribution is 0.639. The summed E-state index contributed by atoms with van der Waals surface area (Å²) in [4.78, 5) is 0. The minimum atomic E-state index is -0.241. The molecule has 1 heterocycles. The molecule has 0 fully saturated rings. The van der Waals surface area contributed by atoms with Gasteiger partial charge in [0.2, 0.25) is 0 Å². The molecule has 1 aromatic carbocycles. The summed E-state index contributed by atoms with van der Waals surface area (Å²) in [5.74, 6) is -0.241. The van der Waals surface area contributed by atoms with Gasteiger partial charge in [-0.2, -0.15) is 5.26 Å². The highest BCUT2D eigenvalue weighted by atomic mass is 79.9. The molecule has 0 amide bonds. The summed E-state index contributed by atoms with van der Waals surface area (Å²) in [7, 11) is 0. The molecule has 1 nitrogen and oxygen atoms in total. The Balaban J connectivity index is 2.78. The highest BCUT2D eigenvalue weighted by molar-refractivity contribution is 9.10. The Labute approximate surface area is 92.9 Å². The topological polar surface area (TPSA) is 23.8 Å². The van der Waals surface area contributed by atoms with E-state index >= 15 is 0 Å². The molecule has 0 aliphatic heterocycles. The summed E-state index contributed by atoms with van der Waals surface area (Å²) in [6.07, 6.45) is 0.323. The Morgan fingerprint density at radius 3 is 3.00 bits per heavy atom. The number of benzene rings is 1. The molecular weight excluding hydrogens is 265 g/mol. The third-order valence-corrected chi connectivity index (χ3v) is 3.96. The molecule has 0 aliphatic carbocycles. The van der Waals surface area contributed by atoms with Gasteiger partial charge in [-0.1, -0.05) is 6.07 Å². The second-order valence-corrected chi connectivity index (χ2v) is 4.56. The third kappa shape index (κ3) is 1.43. The molecule has 0 spiro atoms. The van der Waals surface area contributed by atoms with Gasteiger partial charge in [0.15, 0.2) is 0 Å².